The second-order valence-corrected chi connectivity index (χ2v) is 5.86. The lowest BCUT2D eigenvalue weighted by Gasteiger charge is -2.29. The Morgan fingerprint density at radius 2 is 1.83 bits per heavy atom. The topological polar surface area (TPSA) is 79.5 Å². The number of aromatic amines is 1. The van der Waals surface area contributed by atoms with Gasteiger partial charge in [0.05, 0.1) is 6.20 Å². The molecule has 0 atom stereocenters. The van der Waals surface area contributed by atoms with Gasteiger partial charge in [0.2, 0.25) is 0 Å². The molecule has 2 aliphatic heterocycles. The highest BCUT2D eigenvalue weighted by molar-refractivity contribution is 6.44. The van der Waals surface area contributed by atoms with Crippen LogP contribution in [0.5, 0.6) is 0 Å². The summed E-state index contributed by atoms with van der Waals surface area (Å²) in [6, 6.07) is 5.38. The molecule has 24 heavy (non-hydrogen) atoms. The van der Waals surface area contributed by atoms with Gasteiger partial charge >= 0.3 is 17.8 Å². The van der Waals surface area contributed by atoms with Crippen molar-refractivity contribution in [1.82, 2.24) is 9.80 Å². The number of imide groups is 2. The van der Waals surface area contributed by atoms with Crippen molar-refractivity contribution in [3.63, 3.8) is 0 Å². The highest BCUT2D eigenvalue weighted by Crippen LogP contribution is 2.10. The Kier molecular flexibility index (Phi) is 4.57. The van der Waals surface area contributed by atoms with E-state index in [2.05, 4.69) is 16.5 Å². The number of aromatic nitrogens is 1. The van der Waals surface area contributed by atoms with E-state index in [1.807, 2.05) is 24.4 Å². The van der Waals surface area contributed by atoms with Crippen LogP contribution in [-0.2, 0) is 9.59 Å². The van der Waals surface area contributed by atoms with E-state index in [1.165, 1.54) is 6.08 Å². The van der Waals surface area contributed by atoms with E-state index in [4.69, 9.17) is 0 Å². The molecular weight excluding hydrogens is 310 g/mol. The van der Waals surface area contributed by atoms with Crippen LogP contribution in [0.25, 0.3) is 0 Å². The molecule has 4 amide bonds. The average Bonchev–Trinajstić information content (AvgIpc) is 2.81. The van der Waals surface area contributed by atoms with Crippen molar-refractivity contribution in [1.29, 1.82) is 0 Å². The van der Waals surface area contributed by atoms with Gasteiger partial charge in [-0.25, -0.2) is 14.7 Å². The first kappa shape index (κ1) is 16.1. The molecule has 2 aliphatic rings. The van der Waals surface area contributed by atoms with Gasteiger partial charge in [-0.05, 0) is 6.07 Å². The number of nitrogens with zero attached hydrogens (tertiary/aromatic N) is 3. The normalized spacial score (nSPS) is 19.3. The van der Waals surface area contributed by atoms with Crippen molar-refractivity contribution in [2.75, 3.05) is 44.3 Å². The molecule has 1 aromatic heterocycles. The molecule has 126 valence electrons. The fraction of sp³-hybridized carbons (Fsp3) is 0.375. The third kappa shape index (κ3) is 3.00. The number of H-pyrrole nitrogens is 1. The summed E-state index contributed by atoms with van der Waals surface area (Å²) in [6.07, 6.45) is 3.32. The summed E-state index contributed by atoms with van der Waals surface area (Å²) in [5.41, 5.74) is 0. The maximum absolute atomic E-state index is 12.2. The van der Waals surface area contributed by atoms with E-state index < -0.39 is 17.8 Å². The van der Waals surface area contributed by atoms with Gasteiger partial charge in [0.25, 0.3) is 5.82 Å². The Balaban J connectivity index is 1.58. The summed E-state index contributed by atoms with van der Waals surface area (Å²) < 4.78 is 0. The van der Waals surface area contributed by atoms with Gasteiger partial charge in [-0.3, -0.25) is 19.4 Å². The summed E-state index contributed by atoms with van der Waals surface area (Å²) in [6.45, 7) is 7.00. The minimum absolute atomic E-state index is 0.0624. The molecule has 3 rings (SSSR count). The highest BCUT2D eigenvalue weighted by Gasteiger charge is 2.46. The maximum atomic E-state index is 12.2. The first-order chi connectivity index (χ1) is 11.6. The van der Waals surface area contributed by atoms with Gasteiger partial charge in [-0.15, -0.1) is 6.58 Å². The van der Waals surface area contributed by atoms with Crippen LogP contribution < -0.4 is 14.8 Å². The van der Waals surface area contributed by atoms with Gasteiger partial charge in [0.1, 0.15) is 26.2 Å². The van der Waals surface area contributed by atoms with Crippen LogP contribution in [0, 0.1) is 0 Å². The standard InChI is InChI=1S/C16H19N5O3/c1-2-7-20-14(22)15(23)21(16(20)24)12-18-8-10-19(11-9-18)13-5-3-4-6-17-13/h2-6H,1,7-12H2/p+2. The monoisotopic (exact) mass is 331 g/mol. The SMILES string of the molecule is C=CCN1C(=O)C(=O)N(C[NH+]2CCN(c3cccc[nH+]3)CC2)C1=O. The molecule has 2 saturated heterocycles. The Bertz CT molecular complexity index is 655. The minimum atomic E-state index is -0.767. The van der Waals surface area contributed by atoms with Gasteiger partial charge in [0, 0.05) is 12.6 Å². The van der Waals surface area contributed by atoms with Crippen molar-refractivity contribution < 1.29 is 24.3 Å². The second kappa shape index (κ2) is 6.79. The van der Waals surface area contributed by atoms with Gasteiger partial charge in [-0.2, -0.15) is 0 Å². The first-order valence-electron chi connectivity index (χ1n) is 7.95. The van der Waals surface area contributed by atoms with E-state index >= 15 is 0 Å². The molecule has 0 saturated carbocycles. The van der Waals surface area contributed by atoms with Gasteiger partial charge in [-0.1, -0.05) is 12.1 Å². The van der Waals surface area contributed by atoms with Crippen LogP contribution >= 0.6 is 0 Å². The average molecular weight is 331 g/mol. The number of carbonyl (C=O) groups excluding carboxylic acids is 3. The maximum Gasteiger partial charge on any atom is 0.339 e. The molecule has 0 radical (unpaired) electrons. The van der Waals surface area contributed by atoms with Crippen molar-refractivity contribution in [3.8, 4) is 0 Å². The van der Waals surface area contributed by atoms with Crippen molar-refractivity contribution in [2.24, 2.45) is 0 Å². The van der Waals surface area contributed by atoms with E-state index in [0.717, 1.165) is 46.7 Å². The van der Waals surface area contributed by atoms with E-state index in [1.54, 1.807) is 0 Å². The number of hydrogen-bond acceptors (Lipinski definition) is 4. The predicted octanol–water partition coefficient (Wildman–Crippen LogP) is -1.86. The van der Waals surface area contributed by atoms with Crippen molar-refractivity contribution in [2.45, 2.75) is 0 Å². The molecule has 2 fully saturated rings. The zero-order valence-corrected chi connectivity index (χ0v) is 13.4. The Hall–Kier alpha value is -2.74. The number of amides is 4. The smallest absolute Gasteiger partial charge is 0.311 e. The quantitative estimate of drug-likeness (QED) is 0.390. The first-order valence-corrected chi connectivity index (χ1v) is 7.95. The Labute approximate surface area is 139 Å². The molecule has 0 spiro atoms. The number of rotatable bonds is 5. The number of nitrogens with one attached hydrogen (secondary N) is 2. The lowest BCUT2D eigenvalue weighted by Crippen LogP contribution is -3.16. The fourth-order valence-electron chi connectivity index (χ4n) is 3.01. The molecule has 0 aromatic carbocycles. The van der Waals surface area contributed by atoms with Gasteiger partial charge < -0.3 is 4.90 Å². The van der Waals surface area contributed by atoms with Crippen LogP contribution in [-0.4, -0.2) is 67.0 Å². The lowest BCUT2D eigenvalue weighted by atomic mass is 10.3. The Morgan fingerprint density at radius 1 is 1.12 bits per heavy atom. The summed E-state index contributed by atoms with van der Waals surface area (Å²) in [5.74, 6) is -0.456. The molecule has 8 heteroatoms. The molecule has 0 aliphatic carbocycles. The summed E-state index contributed by atoms with van der Waals surface area (Å²) in [4.78, 5) is 44.6. The number of hydrogen-bond donors (Lipinski definition) is 1. The fourth-order valence-corrected chi connectivity index (χ4v) is 3.01. The number of carbonyl (C=O) groups is 3. The third-order valence-electron chi connectivity index (χ3n) is 4.33. The summed E-state index contributed by atoms with van der Waals surface area (Å²) >= 11 is 0. The molecule has 0 unspecified atom stereocenters. The van der Waals surface area contributed by atoms with E-state index in [9.17, 15) is 14.4 Å². The van der Waals surface area contributed by atoms with Crippen LogP contribution in [0.15, 0.2) is 37.1 Å². The van der Waals surface area contributed by atoms with E-state index in [-0.39, 0.29) is 13.2 Å². The molecular formula is C16H21N5O3+2. The number of piperazine rings is 1. The van der Waals surface area contributed by atoms with Crippen LogP contribution in [0.4, 0.5) is 10.6 Å². The van der Waals surface area contributed by atoms with Crippen LogP contribution in [0.1, 0.15) is 0 Å². The van der Waals surface area contributed by atoms with Crippen LogP contribution in [0.3, 0.4) is 0 Å². The largest absolute Gasteiger partial charge is 0.339 e. The summed E-state index contributed by atoms with van der Waals surface area (Å²) in [5, 5.41) is 0. The zero-order valence-electron chi connectivity index (χ0n) is 13.4. The molecule has 0 bridgehead atoms. The third-order valence-corrected chi connectivity index (χ3v) is 4.33. The molecule has 1 aromatic rings. The zero-order chi connectivity index (χ0) is 17.1. The van der Waals surface area contributed by atoms with Crippen molar-refractivity contribution >= 4 is 23.7 Å². The number of quaternary nitrogens is 1. The molecule has 2 N–H and O–H groups in total. The molecule has 3 heterocycles. The predicted molar refractivity (Wildman–Crippen MR) is 84.9 cm³/mol. The Morgan fingerprint density at radius 3 is 2.46 bits per heavy atom. The van der Waals surface area contributed by atoms with E-state index in [0.29, 0.717) is 0 Å². The van der Waals surface area contributed by atoms with Crippen LogP contribution in [0.2, 0.25) is 0 Å². The number of urea groups is 1. The lowest BCUT2D eigenvalue weighted by molar-refractivity contribution is -0.908. The second-order valence-electron chi connectivity index (χ2n) is 5.86. The van der Waals surface area contributed by atoms with Crippen molar-refractivity contribution in [3.05, 3.63) is 37.1 Å². The molecule has 8 nitrogen and oxygen atoms in total. The minimum Gasteiger partial charge on any atom is -0.311 e. The number of pyridine rings is 1. The highest BCUT2D eigenvalue weighted by atomic mass is 16.2. The summed E-state index contributed by atoms with van der Waals surface area (Å²) in [7, 11) is 0. The number of anilines is 1. The van der Waals surface area contributed by atoms with Gasteiger partial charge in [0.15, 0.2) is 6.67 Å².